The van der Waals surface area contributed by atoms with Crippen molar-refractivity contribution in [1.29, 1.82) is 0 Å². The zero-order valence-corrected chi connectivity index (χ0v) is 17.2. The van der Waals surface area contributed by atoms with Crippen LogP contribution in [0.25, 0.3) is 0 Å². The van der Waals surface area contributed by atoms with Gasteiger partial charge in [0.1, 0.15) is 6.04 Å². The molecule has 0 radical (unpaired) electrons. The van der Waals surface area contributed by atoms with Crippen LogP contribution in [0, 0.1) is 11.8 Å². The maximum Gasteiger partial charge on any atom is 0.318 e. The number of hydrogen-bond donors (Lipinski definition) is 1. The molecule has 7 heteroatoms. The highest BCUT2D eigenvalue weighted by Crippen LogP contribution is 2.30. The largest absolute Gasteiger partial charge is 0.339 e. The van der Waals surface area contributed by atoms with Gasteiger partial charge in [-0.05, 0) is 57.8 Å². The molecule has 4 fully saturated rings. The number of urea groups is 1. The molecule has 0 unspecified atom stereocenters. The van der Waals surface area contributed by atoms with Gasteiger partial charge in [-0.3, -0.25) is 9.59 Å². The molecule has 3 atom stereocenters. The van der Waals surface area contributed by atoms with Crippen molar-refractivity contribution in [3.8, 4) is 0 Å². The Morgan fingerprint density at radius 3 is 2.43 bits per heavy atom. The van der Waals surface area contributed by atoms with Crippen LogP contribution in [0.3, 0.4) is 0 Å². The van der Waals surface area contributed by atoms with Crippen LogP contribution in [0.4, 0.5) is 4.79 Å². The minimum atomic E-state index is -0.420. The molecule has 1 N–H and O–H groups in total. The van der Waals surface area contributed by atoms with E-state index in [1.54, 1.807) is 0 Å². The van der Waals surface area contributed by atoms with Crippen LogP contribution in [0.5, 0.6) is 0 Å². The minimum absolute atomic E-state index is 0.00813. The Morgan fingerprint density at radius 2 is 1.71 bits per heavy atom. The highest BCUT2D eigenvalue weighted by Gasteiger charge is 2.42. The highest BCUT2D eigenvalue weighted by molar-refractivity contribution is 5.89. The second-order valence-electron chi connectivity index (χ2n) is 9.35. The first-order chi connectivity index (χ1) is 13.4. The molecule has 3 aliphatic heterocycles. The smallest absolute Gasteiger partial charge is 0.318 e. The van der Waals surface area contributed by atoms with Gasteiger partial charge in [0.2, 0.25) is 11.8 Å². The van der Waals surface area contributed by atoms with E-state index in [-0.39, 0.29) is 35.8 Å². The van der Waals surface area contributed by atoms with E-state index in [4.69, 9.17) is 0 Å². The van der Waals surface area contributed by atoms with Crippen LogP contribution in [-0.2, 0) is 9.59 Å². The molecule has 156 valence electrons. The van der Waals surface area contributed by atoms with Crippen LogP contribution in [-0.4, -0.2) is 76.8 Å². The summed E-state index contributed by atoms with van der Waals surface area (Å²) in [6, 6.07) is -0.322. The summed E-state index contributed by atoms with van der Waals surface area (Å²) >= 11 is 0. The molecule has 0 aromatic carbocycles. The maximum absolute atomic E-state index is 13.1. The summed E-state index contributed by atoms with van der Waals surface area (Å²) in [6.45, 7) is 6.86. The van der Waals surface area contributed by atoms with Gasteiger partial charge in [-0.1, -0.05) is 6.92 Å². The molecule has 0 spiro atoms. The molecule has 0 aromatic rings. The first kappa shape index (κ1) is 19.5. The third kappa shape index (κ3) is 3.72. The number of hydrogen-bond acceptors (Lipinski definition) is 3. The normalized spacial score (nSPS) is 36.1. The van der Waals surface area contributed by atoms with Gasteiger partial charge in [0.15, 0.2) is 0 Å². The minimum Gasteiger partial charge on any atom is -0.339 e. The van der Waals surface area contributed by atoms with Crippen LogP contribution in [0.15, 0.2) is 0 Å². The average molecular weight is 391 g/mol. The Hall–Kier alpha value is -1.79. The molecule has 3 saturated heterocycles. The number of amides is 4. The molecule has 0 bridgehead atoms. The van der Waals surface area contributed by atoms with Gasteiger partial charge in [-0.25, -0.2) is 4.79 Å². The molecule has 4 rings (SSSR count). The van der Waals surface area contributed by atoms with Gasteiger partial charge in [-0.2, -0.15) is 0 Å². The Balaban J connectivity index is 1.33. The highest BCUT2D eigenvalue weighted by atomic mass is 16.2. The van der Waals surface area contributed by atoms with E-state index in [2.05, 4.69) is 12.2 Å². The SMILES string of the molecule is CC1CCC(C(=O)N2CCN(C(=O)[C@@H]3C[C@@H]4CCCN4C(=O)N3)[C@H](C)C2)CC1. The lowest BCUT2D eigenvalue weighted by molar-refractivity contribution is -0.147. The standard InChI is InChI=1S/C21H34N4O3/c1-14-5-7-16(8-6-14)19(26)23-10-11-24(15(2)13-23)20(27)18-12-17-4-3-9-25(17)21(28)22-18/h14-18H,3-13H2,1-2H3,(H,22,28)/t14?,15-,16?,17+,18+/m1/s1. The van der Waals surface area contributed by atoms with Crippen molar-refractivity contribution < 1.29 is 14.4 Å². The van der Waals surface area contributed by atoms with Crippen molar-refractivity contribution in [1.82, 2.24) is 20.0 Å². The Kier molecular flexibility index (Phi) is 5.52. The van der Waals surface area contributed by atoms with E-state index in [1.165, 1.54) is 0 Å². The molecular weight excluding hydrogens is 356 g/mol. The fourth-order valence-corrected chi connectivity index (χ4v) is 5.52. The van der Waals surface area contributed by atoms with Crippen molar-refractivity contribution >= 4 is 17.8 Å². The molecule has 0 aromatic heterocycles. The summed E-state index contributed by atoms with van der Waals surface area (Å²) < 4.78 is 0. The molecule has 3 heterocycles. The topological polar surface area (TPSA) is 73.0 Å². The number of nitrogens with one attached hydrogen (secondary N) is 1. The Labute approximate surface area is 167 Å². The third-order valence-corrected chi connectivity index (χ3v) is 7.33. The van der Waals surface area contributed by atoms with Crippen molar-refractivity contribution in [2.24, 2.45) is 11.8 Å². The van der Waals surface area contributed by atoms with E-state index < -0.39 is 6.04 Å². The number of carbonyl (C=O) groups is 3. The number of rotatable bonds is 2. The number of nitrogens with zero attached hydrogens (tertiary/aromatic N) is 3. The van der Waals surface area contributed by atoms with Crippen molar-refractivity contribution in [3.63, 3.8) is 0 Å². The van der Waals surface area contributed by atoms with Gasteiger partial charge in [0, 0.05) is 44.2 Å². The zero-order valence-electron chi connectivity index (χ0n) is 17.2. The molecular formula is C21H34N4O3. The van der Waals surface area contributed by atoms with Crippen LogP contribution < -0.4 is 5.32 Å². The van der Waals surface area contributed by atoms with E-state index >= 15 is 0 Å². The summed E-state index contributed by atoms with van der Waals surface area (Å²) in [7, 11) is 0. The van der Waals surface area contributed by atoms with E-state index in [1.807, 2.05) is 21.6 Å². The summed E-state index contributed by atoms with van der Waals surface area (Å²) in [6.07, 6.45) is 7.01. The van der Waals surface area contributed by atoms with Gasteiger partial charge in [0.25, 0.3) is 0 Å². The van der Waals surface area contributed by atoms with E-state index in [0.717, 1.165) is 51.0 Å². The summed E-state index contributed by atoms with van der Waals surface area (Å²) in [5.74, 6) is 1.19. The summed E-state index contributed by atoms with van der Waals surface area (Å²) in [5.41, 5.74) is 0. The Morgan fingerprint density at radius 1 is 0.964 bits per heavy atom. The molecule has 1 saturated carbocycles. The predicted octanol–water partition coefficient (Wildman–Crippen LogP) is 1.82. The van der Waals surface area contributed by atoms with Crippen LogP contribution in [0.2, 0.25) is 0 Å². The van der Waals surface area contributed by atoms with Gasteiger partial charge in [0.05, 0.1) is 0 Å². The predicted molar refractivity (Wildman–Crippen MR) is 106 cm³/mol. The summed E-state index contributed by atoms with van der Waals surface area (Å²) in [5, 5.41) is 2.91. The lowest BCUT2D eigenvalue weighted by atomic mass is 9.82. The Bertz CT molecular complexity index is 631. The monoisotopic (exact) mass is 390 g/mol. The fourth-order valence-electron chi connectivity index (χ4n) is 5.52. The lowest BCUT2D eigenvalue weighted by Crippen LogP contribution is -2.63. The number of fused-ring (bicyclic) bond motifs is 1. The lowest BCUT2D eigenvalue weighted by Gasteiger charge is -2.44. The first-order valence-corrected chi connectivity index (χ1v) is 11.1. The van der Waals surface area contributed by atoms with Crippen molar-refractivity contribution in [2.75, 3.05) is 26.2 Å². The third-order valence-electron chi connectivity index (χ3n) is 7.33. The van der Waals surface area contributed by atoms with Crippen molar-refractivity contribution in [3.05, 3.63) is 0 Å². The molecule has 7 nitrogen and oxygen atoms in total. The van der Waals surface area contributed by atoms with Gasteiger partial charge >= 0.3 is 6.03 Å². The van der Waals surface area contributed by atoms with Crippen LogP contribution in [0.1, 0.15) is 58.8 Å². The fraction of sp³-hybridized carbons (Fsp3) is 0.857. The maximum atomic E-state index is 13.1. The van der Waals surface area contributed by atoms with E-state index in [0.29, 0.717) is 26.1 Å². The van der Waals surface area contributed by atoms with E-state index in [9.17, 15) is 14.4 Å². The van der Waals surface area contributed by atoms with Crippen molar-refractivity contribution in [2.45, 2.75) is 76.9 Å². The number of carbonyl (C=O) groups excluding carboxylic acids is 3. The molecule has 4 amide bonds. The number of piperazine rings is 1. The van der Waals surface area contributed by atoms with Gasteiger partial charge < -0.3 is 20.0 Å². The first-order valence-electron chi connectivity index (χ1n) is 11.1. The zero-order chi connectivity index (χ0) is 19.8. The summed E-state index contributed by atoms with van der Waals surface area (Å²) in [4.78, 5) is 44.0. The average Bonchev–Trinajstić information content (AvgIpc) is 3.17. The quantitative estimate of drug-likeness (QED) is 0.782. The second-order valence-corrected chi connectivity index (χ2v) is 9.35. The molecule has 4 aliphatic rings. The molecule has 28 heavy (non-hydrogen) atoms. The van der Waals surface area contributed by atoms with Gasteiger partial charge in [-0.15, -0.1) is 0 Å². The van der Waals surface area contributed by atoms with Crippen LogP contribution >= 0.6 is 0 Å². The second kappa shape index (κ2) is 7.91. The molecule has 1 aliphatic carbocycles.